The highest BCUT2D eigenvalue weighted by atomic mass is 35.5. The van der Waals surface area contributed by atoms with Gasteiger partial charge in [0.05, 0.1) is 6.61 Å². The van der Waals surface area contributed by atoms with Crippen molar-refractivity contribution in [3.63, 3.8) is 0 Å². The van der Waals surface area contributed by atoms with Crippen molar-refractivity contribution >= 4 is 29.7 Å². The van der Waals surface area contributed by atoms with Crippen molar-refractivity contribution in [3.05, 3.63) is 41.3 Å². The third-order valence-electron chi connectivity index (χ3n) is 5.07. The average Bonchev–Trinajstić information content (AvgIpc) is 3.19. The Morgan fingerprint density at radius 1 is 1.23 bits per heavy atom. The summed E-state index contributed by atoms with van der Waals surface area (Å²) < 4.78 is 5.74. The number of fused-ring (bicyclic) bond motifs is 2. The number of piperidine rings is 1. The van der Waals surface area contributed by atoms with E-state index in [-0.39, 0.29) is 24.4 Å². The zero-order chi connectivity index (χ0) is 17.2. The minimum Gasteiger partial charge on any atom is -0.492 e. The molecule has 2 atom stereocenters. The Hall–Kier alpha value is -1.56. The number of carbonyl (C=O) groups is 1. The van der Waals surface area contributed by atoms with Crippen LogP contribution in [0.3, 0.4) is 0 Å². The molecule has 0 spiro atoms. The maximum absolute atomic E-state index is 12.9. The molecular weight excluding hydrogens is 368 g/mol. The number of hydrogen-bond acceptors (Lipinski definition) is 4. The van der Waals surface area contributed by atoms with Gasteiger partial charge >= 0.3 is 0 Å². The molecule has 1 amide bonds. The maximum atomic E-state index is 12.9. The number of ether oxygens (including phenoxy) is 1. The molecule has 140 valence electrons. The summed E-state index contributed by atoms with van der Waals surface area (Å²) in [6.07, 6.45) is 4.53. The van der Waals surface area contributed by atoms with Crippen LogP contribution in [0.1, 0.15) is 42.3 Å². The van der Waals surface area contributed by atoms with E-state index in [1.54, 1.807) is 0 Å². The summed E-state index contributed by atoms with van der Waals surface area (Å²) in [5, 5.41) is 6.87. The maximum Gasteiger partial charge on any atom is 0.265 e. The topological polar surface area (TPSA) is 50.4 Å². The van der Waals surface area contributed by atoms with Crippen molar-refractivity contribution < 1.29 is 9.53 Å². The largest absolute Gasteiger partial charge is 0.492 e. The van der Waals surface area contributed by atoms with E-state index >= 15 is 0 Å². The van der Waals surface area contributed by atoms with Gasteiger partial charge in [-0.25, -0.2) is 0 Å². The van der Waals surface area contributed by atoms with Crippen LogP contribution in [-0.4, -0.2) is 30.6 Å². The number of thiophene rings is 1. The lowest BCUT2D eigenvalue weighted by Gasteiger charge is -2.29. The van der Waals surface area contributed by atoms with Crippen LogP contribution in [0.2, 0.25) is 0 Å². The number of nitrogens with one attached hydrogen (secondary N) is 2. The van der Waals surface area contributed by atoms with E-state index in [0.29, 0.717) is 29.3 Å². The van der Waals surface area contributed by atoms with E-state index < -0.39 is 0 Å². The quantitative estimate of drug-likeness (QED) is 0.799. The van der Waals surface area contributed by atoms with Gasteiger partial charge in [-0.1, -0.05) is 30.3 Å². The van der Waals surface area contributed by atoms with Crippen molar-refractivity contribution in [1.82, 2.24) is 10.6 Å². The number of hydrogen-bond donors (Lipinski definition) is 2. The fourth-order valence-corrected chi connectivity index (χ4v) is 4.98. The van der Waals surface area contributed by atoms with Gasteiger partial charge in [-0.15, -0.1) is 23.7 Å². The van der Waals surface area contributed by atoms with Crippen LogP contribution in [0.15, 0.2) is 36.4 Å². The Balaban J connectivity index is 0.00000196. The van der Waals surface area contributed by atoms with E-state index in [1.165, 1.54) is 24.2 Å². The second-order valence-electron chi connectivity index (χ2n) is 6.88. The van der Waals surface area contributed by atoms with E-state index in [2.05, 4.69) is 22.8 Å². The third-order valence-corrected chi connectivity index (χ3v) is 6.23. The average molecular weight is 393 g/mol. The van der Waals surface area contributed by atoms with Crippen molar-refractivity contribution in [2.24, 2.45) is 0 Å². The first-order valence-electron chi connectivity index (χ1n) is 9.12. The Kier molecular flexibility index (Phi) is 6.22. The molecule has 1 aromatic heterocycles. The normalized spacial score (nSPS) is 24.0. The summed E-state index contributed by atoms with van der Waals surface area (Å²) >= 11 is 1.51. The highest BCUT2D eigenvalue weighted by molar-refractivity contribution is 7.17. The minimum atomic E-state index is 0. The number of rotatable bonds is 5. The van der Waals surface area contributed by atoms with Crippen LogP contribution in [0, 0.1) is 0 Å². The molecule has 4 rings (SSSR count). The van der Waals surface area contributed by atoms with Gasteiger partial charge in [-0.3, -0.25) is 4.79 Å². The lowest BCUT2D eigenvalue weighted by atomic mass is 10.00. The standard InChI is InChI=1S/C20H24N2O2S.ClH/c1-2-24-17-12-18(13-6-4-3-5-7-13)25-19(17)20(23)22-16-10-14-8-9-15(11-16)21-14;/h3-7,12,14-16,21H,2,8-11H2,1H3,(H,22,23);1H. The summed E-state index contributed by atoms with van der Waals surface area (Å²) in [6, 6.07) is 13.5. The fraction of sp³-hybridized carbons (Fsp3) is 0.450. The number of amides is 1. The monoisotopic (exact) mass is 392 g/mol. The zero-order valence-corrected chi connectivity index (χ0v) is 16.5. The molecule has 0 aliphatic carbocycles. The van der Waals surface area contributed by atoms with E-state index in [1.807, 2.05) is 31.2 Å². The lowest BCUT2D eigenvalue weighted by Crippen LogP contribution is -2.47. The Labute approximate surface area is 164 Å². The molecule has 26 heavy (non-hydrogen) atoms. The number of halogens is 1. The van der Waals surface area contributed by atoms with Gasteiger partial charge in [0.1, 0.15) is 10.6 Å². The molecule has 0 saturated carbocycles. The molecule has 2 aliphatic heterocycles. The van der Waals surface area contributed by atoms with Crippen LogP contribution >= 0.6 is 23.7 Å². The van der Waals surface area contributed by atoms with Crippen molar-refractivity contribution in [3.8, 4) is 16.2 Å². The van der Waals surface area contributed by atoms with E-state index in [4.69, 9.17) is 4.74 Å². The smallest absolute Gasteiger partial charge is 0.265 e. The van der Waals surface area contributed by atoms with Crippen LogP contribution < -0.4 is 15.4 Å². The summed E-state index contributed by atoms with van der Waals surface area (Å²) in [4.78, 5) is 14.6. The molecule has 2 saturated heterocycles. The van der Waals surface area contributed by atoms with Crippen LogP contribution in [0.5, 0.6) is 5.75 Å². The van der Waals surface area contributed by atoms with Gasteiger partial charge in [0.2, 0.25) is 0 Å². The summed E-state index contributed by atoms with van der Waals surface area (Å²) in [5.74, 6) is 0.697. The van der Waals surface area contributed by atoms with Crippen LogP contribution in [0.25, 0.3) is 10.4 Å². The van der Waals surface area contributed by atoms with Crippen LogP contribution in [-0.2, 0) is 0 Å². The number of benzene rings is 1. The van der Waals surface area contributed by atoms with Gasteiger partial charge < -0.3 is 15.4 Å². The van der Waals surface area contributed by atoms with Crippen molar-refractivity contribution in [1.29, 1.82) is 0 Å². The molecule has 2 fully saturated rings. The Bertz CT molecular complexity index is 738. The molecule has 2 bridgehead atoms. The third kappa shape index (κ3) is 4.05. The zero-order valence-electron chi connectivity index (χ0n) is 14.9. The lowest BCUT2D eigenvalue weighted by molar-refractivity contribution is 0.0925. The predicted molar refractivity (Wildman–Crippen MR) is 109 cm³/mol. The Morgan fingerprint density at radius 3 is 2.58 bits per heavy atom. The van der Waals surface area contributed by atoms with Gasteiger partial charge in [0, 0.05) is 23.0 Å². The number of carbonyl (C=O) groups excluding carboxylic acids is 1. The fourth-order valence-electron chi connectivity index (χ4n) is 3.97. The van der Waals surface area contributed by atoms with Crippen LogP contribution in [0.4, 0.5) is 0 Å². The first-order valence-corrected chi connectivity index (χ1v) is 9.93. The first-order chi connectivity index (χ1) is 12.2. The Morgan fingerprint density at radius 2 is 1.92 bits per heavy atom. The van der Waals surface area contributed by atoms with Crippen molar-refractivity contribution in [2.45, 2.75) is 50.7 Å². The highest BCUT2D eigenvalue weighted by Crippen LogP contribution is 2.37. The van der Waals surface area contributed by atoms with E-state index in [0.717, 1.165) is 23.3 Å². The second kappa shape index (κ2) is 8.42. The minimum absolute atomic E-state index is 0. The van der Waals surface area contributed by atoms with Gasteiger partial charge in [-0.2, -0.15) is 0 Å². The SMILES string of the molecule is CCOc1cc(-c2ccccc2)sc1C(=O)NC1CC2CCC(C1)N2.Cl. The molecule has 3 heterocycles. The molecule has 0 radical (unpaired) electrons. The van der Waals surface area contributed by atoms with Gasteiger partial charge in [0.25, 0.3) is 5.91 Å². The summed E-state index contributed by atoms with van der Waals surface area (Å²) in [5.41, 5.74) is 1.12. The van der Waals surface area contributed by atoms with Crippen molar-refractivity contribution in [2.75, 3.05) is 6.61 Å². The molecule has 2 aliphatic rings. The summed E-state index contributed by atoms with van der Waals surface area (Å²) in [7, 11) is 0. The molecule has 2 unspecified atom stereocenters. The predicted octanol–water partition coefficient (Wildman–Crippen LogP) is 4.25. The highest BCUT2D eigenvalue weighted by Gasteiger charge is 2.34. The second-order valence-corrected chi connectivity index (χ2v) is 7.93. The molecule has 1 aromatic carbocycles. The first kappa shape index (κ1) is 19.2. The molecule has 2 N–H and O–H groups in total. The molecule has 2 aromatic rings. The van der Waals surface area contributed by atoms with Gasteiger partial charge in [-0.05, 0) is 44.2 Å². The summed E-state index contributed by atoms with van der Waals surface area (Å²) in [6.45, 7) is 2.51. The molecule has 6 heteroatoms. The van der Waals surface area contributed by atoms with Gasteiger partial charge in [0.15, 0.2) is 0 Å². The molecule has 4 nitrogen and oxygen atoms in total. The van der Waals surface area contributed by atoms with E-state index in [9.17, 15) is 4.79 Å². The molecular formula is C20H25ClN2O2S.